The van der Waals surface area contributed by atoms with Crippen molar-refractivity contribution in [3.63, 3.8) is 0 Å². The number of benzene rings is 4. The standard InChI is InChI=1S/C30H30N6O/c1-19-11-12-21-23(17-19)26(34-33-20-7-4-3-5-8-20)14-13-24(21)35-36-25-15-16-28-29-22(25)9-6-10-27(29)31-30(2,18-37)32-28/h3-16,19,31-34,37H,17-18H2,1-2H3. The molecule has 0 spiro atoms. The van der Waals surface area contributed by atoms with E-state index < -0.39 is 5.66 Å². The van der Waals surface area contributed by atoms with Gasteiger partial charge in [-0.15, -0.1) is 10.2 Å². The Labute approximate surface area is 216 Å². The summed E-state index contributed by atoms with van der Waals surface area (Å²) >= 11 is 0. The molecule has 0 bridgehead atoms. The van der Waals surface area contributed by atoms with Gasteiger partial charge in [-0.05, 0) is 67.3 Å². The lowest BCUT2D eigenvalue weighted by Crippen LogP contribution is -2.48. The molecule has 7 nitrogen and oxygen atoms in total. The number of hydrazine groups is 1. The predicted octanol–water partition coefficient (Wildman–Crippen LogP) is 7.45. The van der Waals surface area contributed by atoms with E-state index >= 15 is 0 Å². The number of para-hydroxylation sites is 1. The number of fused-ring (bicyclic) bond motifs is 1. The first-order valence-corrected chi connectivity index (χ1v) is 12.6. The van der Waals surface area contributed by atoms with Crippen LogP contribution in [0.15, 0.2) is 89.1 Å². The summed E-state index contributed by atoms with van der Waals surface area (Å²) in [6, 6.07) is 24.2. The lowest BCUT2D eigenvalue weighted by atomic mass is 9.88. The molecule has 1 heterocycles. The van der Waals surface area contributed by atoms with Crippen LogP contribution in [0.5, 0.6) is 0 Å². The highest BCUT2D eigenvalue weighted by Gasteiger charge is 2.29. The van der Waals surface area contributed by atoms with Crippen molar-refractivity contribution in [2.24, 2.45) is 16.1 Å². The number of nitrogens with zero attached hydrogens (tertiary/aromatic N) is 2. The number of nitrogens with one attached hydrogen (secondary N) is 4. The highest BCUT2D eigenvalue weighted by molar-refractivity contribution is 6.09. The van der Waals surface area contributed by atoms with Crippen LogP contribution in [0.25, 0.3) is 16.8 Å². The lowest BCUT2D eigenvalue weighted by Gasteiger charge is -2.37. The number of hydrogen-bond acceptors (Lipinski definition) is 7. The van der Waals surface area contributed by atoms with Gasteiger partial charge in [0.2, 0.25) is 0 Å². The number of aliphatic hydroxyl groups is 1. The van der Waals surface area contributed by atoms with E-state index in [0.717, 1.165) is 56.9 Å². The molecule has 0 fully saturated rings. The molecular weight excluding hydrogens is 460 g/mol. The third kappa shape index (κ3) is 4.38. The molecule has 6 rings (SSSR count). The van der Waals surface area contributed by atoms with Crippen molar-refractivity contribution in [3.05, 3.63) is 90.0 Å². The van der Waals surface area contributed by atoms with Gasteiger partial charge in [-0.25, -0.2) is 0 Å². The summed E-state index contributed by atoms with van der Waals surface area (Å²) in [4.78, 5) is 0. The maximum atomic E-state index is 9.85. The van der Waals surface area contributed by atoms with Crippen molar-refractivity contribution in [1.82, 2.24) is 0 Å². The van der Waals surface area contributed by atoms with Crippen molar-refractivity contribution in [3.8, 4) is 0 Å². The summed E-state index contributed by atoms with van der Waals surface area (Å²) < 4.78 is 0. The maximum absolute atomic E-state index is 9.85. The Kier molecular flexibility index (Phi) is 5.77. The predicted molar refractivity (Wildman–Crippen MR) is 153 cm³/mol. The van der Waals surface area contributed by atoms with Gasteiger partial charge in [0.1, 0.15) is 5.66 Å². The van der Waals surface area contributed by atoms with Crippen molar-refractivity contribution < 1.29 is 5.11 Å². The number of azo groups is 1. The van der Waals surface area contributed by atoms with E-state index in [1.54, 1.807) is 0 Å². The molecule has 2 unspecified atom stereocenters. The molecule has 0 amide bonds. The van der Waals surface area contributed by atoms with E-state index in [-0.39, 0.29) is 6.61 Å². The monoisotopic (exact) mass is 490 g/mol. The van der Waals surface area contributed by atoms with Gasteiger partial charge in [0.05, 0.1) is 29.4 Å². The number of allylic oxidation sites excluding steroid dienone is 1. The zero-order chi connectivity index (χ0) is 25.4. The van der Waals surface area contributed by atoms with Gasteiger partial charge in [-0.3, -0.25) is 0 Å². The fourth-order valence-corrected chi connectivity index (χ4v) is 5.07. The topological polar surface area (TPSA) is 93.1 Å². The molecule has 37 heavy (non-hydrogen) atoms. The highest BCUT2D eigenvalue weighted by Crippen LogP contribution is 2.42. The van der Waals surface area contributed by atoms with Crippen LogP contribution in [-0.2, 0) is 6.42 Å². The van der Waals surface area contributed by atoms with Crippen LogP contribution in [0, 0.1) is 5.92 Å². The van der Waals surface area contributed by atoms with Gasteiger partial charge in [0.25, 0.3) is 0 Å². The Bertz CT molecular complexity index is 1520. The van der Waals surface area contributed by atoms with Crippen molar-refractivity contribution >= 4 is 51.0 Å². The average Bonchev–Trinajstić information content (AvgIpc) is 2.92. The first-order chi connectivity index (χ1) is 18.0. The summed E-state index contributed by atoms with van der Waals surface area (Å²) in [7, 11) is 0. The van der Waals surface area contributed by atoms with Crippen LogP contribution in [0.2, 0.25) is 0 Å². The smallest absolute Gasteiger partial charge is 0.129 e. The number of rotatable bonds is 6. The van der Waals surface area contributed by atoms with Gasteiger partial charge in [-0.2, -0.15) is 0 Å². The second-order valence-corrected chi connectivity index (χ2v) is 9.98. The molecule has 0 radical (unpaired) electrons. The highest BCUT2D eigenvalue weighted by atomic mass is 16.3. The summed E-state index contributed by atoms with van der Waals surface area (Å²) in [5.41, 5.74) is 14.0. The maximum Gasteiger partial charge on any atom is 0.129 e. The summed E-state index contributed by atoms with van der Waals surface area (Å²) in [5, 5.41) is 28.1. The van der Waals surface area contributed by atoms with Crippen LogP contribution < -0.4 is 21.5 Å². The minimum Gasteiger partial charge on any atom is -0.392 e. The number of hydrogen-bond donors (Lipinski definition) is 5. The summed E-state index contributed by atoms with van der Waals surface area (Å²) in [5.74, 6) is 0.446. The molecule has 0 saturated heterocycles. The summed E-state index contributed by atoms with van der Waals surface area (Å²) in [6.45, 7) is 4.13. The third-order valence-electron chi connectivity index (χ3n) is 6.99. The first-order valence-electron chi connectivity index (χ1n) is 12.6. The summed E-state index contributed by atoms with van der Waals surface area (Å²) in [6.07, 6.45) is 5.32. The van der Waals surface area contributed by atoms with E-state index in [2.05, 4.69) is 52.7 Å². The van der Waals surface area contributed by atoms with Crippen LogP contribution >= 0.6 is 0 Å². The van der Waals surface area contributed by atoms with Crippen LogP contribution in [0.4, 0.5) is 34.1 Å². The van der Waals surface area contributed by atoms with Gasteiger partial charge >= 0.3 is 0 Å². The van der Waals surface area contributed by atoms with E-state index in [4.69, 9.17) is 10.2 Å². The molecule has 5 N–H and O–H groups in total. The Morgan fingerprint density at radius 3 is 2.46 bits per heavy atom. The zero-order valence-corrected chi connectivity index (χ0v) is 20.9. The molecule has 1 aliphatic carbocycles. The third-order valence-corrected chi connectivity index (χ3v) is 6.99. The van der Waals surface area contributed by atoms with Gasteiger partial charge in [0.15, 0.2) is 0 Å². The fourth-order valence-electron chi connectivity index (χ4n) is 5.07. The van der Waals surface area contributed by atoms with Gasteiger partial charge in [0, 0.05) is 27.7 Å². The van der Waals surface area contributed by atoms with Gasteiger partial charge < -0.3 is 26.6 Å². The first kappa shape index (κ1) is 23.1. The molecule has 0 aromatic heterocycles. The molecule has 2 atom stereocenters. The molecule has 7 heteroatoms. The van der Waals surface area contributed by atoms with E-state index in [9.17, 15) is 5.11 Å². The molecule has 2 aliphatic rings. The Balaban J connectivity index is 1.34. The van der Waals surface area contributed by atoms with Crippen LogP contribution in [-0.4, -0.2) is 17.4 Å². The largest absolute Gasteiger partial charge is 0.392 e. The van der Waals surface area contributed by atoms with Crippen molar-refractivity contribution in [2.45, 2.75) is 25.9 Å². The number of anilines is 4. The molecule has 4 aromatic rings. The Morgan fingerprint density at radius 1 is 0.892 bits per heavy atom. The molecule has 0 saturated carbocycles. The molecule has 4 aromatic carbocycles. The fraction of sp³-hybridized carbons (Fsp3) is 0.200. The van der Waals surface area contributed by atoms with E-state index in [1.165, 1.54) is 5.56 Å². The molecule has 1 aliphatic heterocycles. The normalized spacial score (nSPS) is 19.8. The quantitative estimate of drug-likeness (QED) is 0.143. The number of aliphatic hydroxyl groups excluding tert-OH is 1. The zero-order valence-electron chi connectivity index (χ0n) is 20.9. The second-order valence-electron chi connectivity index (χ2n) is 9.98. The minimum absolute atomic E-state index is 0.0345. The molecule has 186 valence electrons. The lowest BCUT2D eigenvalue weighted by molar-refractivity contribution is 0.238. The average molecular weight is 491 g/mol. The van der Waals surface area contributed by atoms with E-state index in [0.29, 0.717) is 5.92 Å². The van der Waals surface area contributed by atoms with Crippen LogP contribution in [0.3, 0.4) is 0 Å². The molecular formula is C30H30N6O. The van der Waals surface area contributed by atoms with E-state index in [1.807, 2.05) is 67.6 Å². The van der Waals surface area contributed by atoms with Crippen molar-refractivity contribution in [2.75, 3.05) is 28.1 Å². The second kappa shape index (κ2) is 9.26. The Morgan fingerprint density at radius 2 is 1.65 bits per heavy atom. The van der Waals surface area contributed by atoms with Crippen molar-refractivity contribution in [1.29, 1.82) is 0 Å². The SMILES string of the molecule is CC1C=Cc2c(N=Nc3ccc4c5c(cccc35)NC(C)(CO)N4)ccc(NNc3ccccc3)c2C1. The van der Waals surface area contributed by atoms with Gasteiger partial charge in [-0.1, -0.05) is 49.4 Å². The van der Waals surface area contributed by atoms with Crippen LogP contribution in [0.1, 0.15) is 25.0 Å². The minimum atomic E-state index is -0.613. The Hall–Kier alpha value is -4.36.